The molecule has 2 aliphatic heterocycles. The number of amides is 2. The fourth-order valence-electron chi connectivity index (χ4n) is 5.39. The number of unbranched alkanes of at least 4 members (excludes halogenated alkanes) is 1. The minimum absolute atomic E-state index is 0.00976. The molecule has 2 aliphatic rings. The van der Waals surface area contributed by atoms with Crippen molar-refractivity contribution in [1.82, 2.24) is 15.5 Å². The summed E-state index contributed by atoms with van der Waals surface area (Å²) in [4.78, 5) is 52.4. The summed E-state index contributed by atoms with van der Waals surface area (Å²) in [5.74, 6) is -2.33. The number of nitrogens with zero attached hydrogens (tertiary/aromatic N) is 1. The third-order valence-electron chi connectivity index (χ3n) is 7.96. The highest BCUT2D eigenvalue weighted by Gasteiger charge is 2.70. The molecule has 0 spiro atoms. The first-order chi connectivity index (χ1) is 19.0. The van der Waals surface area contributed by atoms with Crippen molar-refractivity contribution in [2.45, 2.75) is 135 Å². The minimum Gasteiger partial charge on any atom is -0.479 e. The van der Waals surface area contributed by atoms with Gasteiger partial charge >= 0.3 is 31.2 Å². The molecule has 240 valence electrons. The second kappa shape index (κ2) is 12.6. The Balaban J connectivity index is 2.33. The molecule has 2 amide bonds. The van der Waals surface area contributed by atoms with Gasteiger partial charge in [-0.2, -0.15) is 0 Å². The number of carboxylic acids is 1. The largest absolute Gasteiger partial charge is 0.479 e. The average Bonchev–Trinajstić information content (AvgIpc) is 3.23. The number of esters is 1. The molecule has 0 aromatic carbocycles. The molecule has 0 aliphatic carbocycles. The SMILES string of the molecule is CC(C)(C)OC(=O)NCCNC1(C(=O)OC(C)(C)C)CCN(C(=O)O)C1(CCCCB1OC(C)(C)C(C)(C)O1)C(=O)O. The molecule has 2 fully saturated rings. The number of likely N-dealkylation sites (tertiary alicyclic amines) is 1. The normalized spacial score (nSPS) is 25.3. The van der Waals surface area contributed by atoms with Gasteiger partial charge in [-0.3, -0.25) is 10.2 Å². The number of hydrogen-bond donors (Lipinski definition) is 4. The summed E-state index contributed by atoms with van der Waals surface area (Å²) in [6.45, 7) is 17.6. The molecule has 2 saturated heterocycles. The van der Waals surface area contributed by atoms with Gasteiger partial charge in [-0.05, 0) is 88.4 Å². The molecule has 0 radical (unpaired) electrons. The summed E-state index contributed by atoms with van der Waals surface area (Å²) in [5.41, 5.74) is -6.84. The number of alkyl carbamates (subject to hydrolysis) is 1. The van der Waals surface area contributed by atoms with Crippen molar-refractivity contribution in [2.24, 2.45) is 0 Å². The Morgan fingerprint density at radius 3 is 1.90 bits per heavy atom. The Bertz CT molecular complexity index is 1010. The van der Waals surface area contributed by atoms with Crippen LogP contribution >= 0.6 is 0 Å². The lowest BCUT2D eigenvalue weighted by atomic mass is 9.72. The zero-order chi connectivity index (χ0) is 32.4. The van der Waals surface area contributed by atoms with Gasteiger partial charge in [0.1, 0.15) is 11.2 Å². The van der Waals surface area contributed by atoms with Crippen LogP contribution < -0.4 is 10.6 Å². The lowest BCUT2D eigenvalue weighted by Crippen LogP contribution is -2.73. The molecule has 0 aromatic heterocycles. The minimum atomic E-state index is -2.18. The van der Waals surface area contributed by atoms with E-state index < -0.39 is 64.7 Å². The number of carboxylic acid groups (broad SMARTS) is 2. The molecule has 13 nitrogen and oxygen atoms in total. The van der Waals surface area contributed by atoms with Crippen LogP contribution in [0.5, 0.6) is 0 Å². The Hall–Kier alpha value is -2.58. The first kappa shape index (κ1) is 35.6. The monoisotopic (exact) mass is 599 g/mol. The first-order valence-electron chi connectivity index (χ1n) is 14.5. The van der Waals surface area contributed by atoms with Gasteiger partial charge in [0.2, 0.25) is 0 Å². The fourth-order valence-corrected chi connectivity index (χ4v) is 5.39. The molecule has 0 aromatic rings. The maximum atomic E-state index is 13.9. The zero-order valence-corrected chi connectivity index (χ0v) is 26.8. The van der Waals surface area contributed by atoms with Crippen LogP contribution in [0.2, 0.25) is 6.32 Å². The number of nitrogens with one attached hydrogen (secondary N) is 2. The highest BCUT2D eigenvalue weighted by Crippen LogP contribution is 2.45. The summed E-state index contributed by atoms with van der Waals surface area (Å²) in [6.07, 6.45) is -1.25. The molecule has 14 heteroatoms. The van der Waals surface area contributed by atoms with E-state index >= 15 is 0 Å². The Morgan fingerprint density at radius 1 is 0.881 bits per heavy atom. The zero-order valence-electron chi connectivity index (χ0n) is 26.8. The topological polar surface area (TPSA) is 173 Å². The van der Waals surface area contributed by atoms with Gasteiger partial charge in [-0.25, -0.2) is 19.2 Å². The van der Waals surface area contributed by atoms with Gasteiger partial charge in [0.15, 0.2) is 11.1 Å². The van der Waals surface area contributed by atoms with E-state index in [-0.39, 0.29) is 38.9 Å². The fraction of sp³-hybridized carbons (Fsp3) is 0.857. The van der Waals surface area contributed by atoms with Gasteiger partial charge in [-0.1, -0.05) is 12.8 Å². The highest BCUT2D eigenvalue weighted by molar-refractivity contribution is 6.45. The van der Waals surface area contributed by atoms with Crippen molar-refractivity contribution in [2.75, 3.05) is 19.6 Å². The van der Waals surface area contributed by atoms with Gasteiger partial charge in [-0.15, -0.1) is 0 Å². The number of ether oxygens (including phenoxy) is 2. The third-order valence-corrected chi connectivity index (χ3v) is 7.96. The van der Waals surface area contributed by atoms with Crippen molar-refractivity contribution in [3.8, 4) is 0 Å². The predicted octanol–water partition coefficient (Wildman–Crippen LogP) is 3.65. The predicted molar refractivity (Wildman–Crippen MR) is 155 cm³/mol. The van der Waals surface area contributed by atoms with Crippen molar-refractivity contribution in [3.05, 3.63) is 0 Å². The summed E-state index contributed by atoms with van der Waals surface area (Å²) in [5, 5.41) is 26.4. The molecule has 0 saturated carbocycles. The second-order valence-corrected chi connectivity index (χ2v) is 14.0. The maximum absolute atomic E-state index is 13.9. The number of aliphatic carboxylic acids is 1. The van der Waals surface area contributed by atoms with E-state index in [0.717, 1.165) is 4.90 Å². The summed E-state index contributed by atoms with van der Waals surface area (Å²) in [7, 11) is -0.498. The Morgan fingerprint density at radius 2 is 1.43 bits per heavy atom. The van der Waals surface area contributed by atoms with E-state index in [9.17, 15) is 29.4 Å². The van der Waals surface area contributed by atoms with Crippen molar-refractivity contribution in [3.63, 3.8) is 0 Å². The molecule has 2 atom stereocenters. The molecule has 2 rings (SSSR count). The smallest absolute Gasteiger partial charge is 0.457 e. The Kier molecular flexibility index (Phi) is 10.7. The number of hydrogen-bond acceptors (Lipinski definition) is 9. The molecular formula is C28H50BN3O10. The van der Waals surface area contributed by atoms with Crippen molar-refractivity contribution < 1.29 is 48.2 Å². The lowest BCUT2D eigenvalue weighted by Gasteiger charge is -2.45. The van der Waals surface area contributed by atoms with Crippen LogP contribution in [0.25, 0.3) is 0 Å². The quantitative estimate of drug-likeness (QED) is 0.155. The first-order valence-corrected chi connectivity index (χ1v) is 14.5. The van der Waals surface area contributed by atoms with Gasteiger partial charge < -0.3 is 34.3 Å². The van der Waals surface area contributed by atoms with Crippen LogP contribution in [0.3, 0.4) is 0 Å². The third kappa shape index (κ3) is 7.87. The summed E-state index contributed by atoms with van der Waals surface area (Å²) >= 11 is 0. The number of rotatable bonds is 11. The van der Waals surface area contributed by atoms with Crippen LogP contribution in [0, 0.1) is 0 Å². The van der Waals surface area contributed by atoms with Gasteiger partial charge in [0, 0.05) is 19.6 Å². The molecule has 0 bridgehead atoms. The van der Waals surface area contributed by atoms with E-state index in [1.165, 1.54) is 0 Å². The highest BCUT2D eigenvalue weighted by atomic mass is 16.7. The standard InChI is InChI=1S/C28H50BN3O10/c1-23(2,3)39-20(35)27(31-17-16-30-21(36)40-24(4,5)6)14-18-32(22(37)38)28(27,19(33)34)13-11-12-15-29-41-25(7,8)26(9,10)42-29/h31H,11-18H2,1-10H3,(H,30,36)(H,33,34)(H,37,38). The van der Waals surface area contributed by atoms with E-state index in [0.29, 0.717) is 12.7 Å². The second-order valence-electron chi connectivity index (χ2n) is 14.0. The van der Waals surface area contributed by atoms with E-state index in [1.807, 2.05) is 27.7 Å². The van der Waals surface area contributed by atoms with Crippen LogP contribution in [0.4, 0.5) is 9.59 Å². The average molecular weight is 600 g/mol. The summed E-state index contributed by atoms with van der Waals surface area (Å²) in [6, 6.07) is 0. The van der Waals surface area contributed by atoms with Crippen LogP contribution in [-0.4, -0.2) is 99.5 Å². The maximum Gasteiger partial charge on any atom is 0.457 e. The molecule has 4 N–H and O–H groups in total. The molecule has 2 unspecified atom stereocenters. The lowest BCUT2D eigenvalue weighted by molar-refractivity contribution is -0.175. The van der Waals surface area contributed by atoms with E-state index in [4.69, 9.17) is 18.8 Å². The van der Waals surface area contributed by atoms with Crippen LogP contribution in [-0.2, 0) is 28.4 Å². The van der Waals surface area contributed by atoms with Crippen molar-refractivity contribution in [1.29, 1.82) is 0 Å². The van der Waals surface area contributed by atoms with Crippen LogP contribution in [0.15, 0.2) is 0 Å². The van der Waals surface area contributed by atoms with Gasteiger partial charge in [0.05, 0.1) is 11.2 Å². The van der Waals surface area contributed by atoms with Crippen molar-refractivity contribution >= 4 is 31.2 Å². The van der Waals surface area contributed by atoms with Gasteiger partial charge in [0.25, 0.3) is 0 Å². The number of carbonyl (C=O) groups is 4. The van der Waals surface area contributed by atoms with Crippen LogP contribution in [0.1, 0.15) is 94.9 Å². The van der Waals surface area contributed by atoms with E-state index in [1.54, 1.807) is 41.5 Å². The molecular weight excluding hydrogens is 549 g/mol. The number of carbonyl (C=O) groups excluding carboxylic acids is 2. The Labute approximate surface area is 249 Å². The molecule has 2 heterocycles. The van der Waals surface area contributed by atoms with E-state index in [2.05, 4.69) is 10.6 Å². The summed E-state index contributed by atoms with van der Waals surface area (Å²) < 4.78 is 23.0. The molecule has 42 heavy (non-hydrogen) atoms.